The molecule has 1 heterocycles. The second kappa shape index (κ2) is 7.91. The van der Waals surface area contributed by atoms with Crippen LogP contribution in [0.25, 0.3) is 0 Å². The summed E-state index contributed by atoms with van der Waals surface area (Å²) in [5.74, 6) is 5.18. The van der Waals surface area contributed by atoms with Crippen LogP contribution in [0, 0.1) is 0 Å². The van der Waals surface area contributed by atoms with Crippen molar-refractivity contribution in [1.29, 1.82) is 0 Å². The Morgan fingerprint density at radius 2 is 2.10 bits per heavy atom. The van der Waals surface area contributed by atoms with E-state index in [2.05, 4.69) is 20.4 Å². The number of aromatic nitrogens is 1. The fourth-order valence-corrected chi connectivity index (χ4v) is 2.25. The van der Waals surface area contributed by atoms with Gasteiger partial charge in [0.1, 0.15) is 5.82 Å². The highest BCUT2D eigenvalue weighted by atomic mass is 32.2. The Labute approximate surface area is 124 Å². The van der Waals surface area contributed by atoms with Crippen LogP contribution in [0.4, 0.5) is 5.82 Å². The molecular formula is C12H21N5O3S. The maximum Gasteiger partial charge on any atom is 0.251 e. The van der Waals surface area contributed by atoms with E-state index in [0.29, 0.717) is 11.4 Å². The number of amides is 1. The van der Waals surface area contributed by atoms with Crippen molar-refractivity contribution in [3.05, 3.63) is 23.4 Å². The van der Waals surface area contributed by atoms with Crippen LogP contribution in [-0.2, 0) is 16.4 Å². The number of nitrogen functional groups attached to an aromatic ring is 1. The Morgan fingerprint density at radius 1 is 1.38 bits per heavy atom. The minimum absolute atomic E-state index is 0.0266. The Kier molecular flexibility index (Phi) is 6.53. The summed E-state index contributed by atoms with van der Waals surface area (Å²) >= 11 is 0. The molecule has 0 aliphatic rings. The molecule has 0 spiro atoms. The highest BCUT2D eigenvalue weighted by Gasteiger charge is 2.11. The van der Waals surface area contributed by atoms with Crippen LogP contribution in [0.15, 0.2) is 12.1 Å². The number of hydrazine groups is 1. The second-order valence-corrected chi connectivity index (χ2v) is 6.45. The highest BCUT2D eigenvalue weighted by Crippen LogP contribution is 2.11. The van der Waals surface area contributed by atoms with Crippen LogP contribution < -0.4 is 21.3 Å². The zero-order valence-corrected chi connectivity index (χ0v) is 13.0. The molecule has 0 radical (unpaired) electrons. The van der Waals surface area contributed by atoms with Crippen molar-refractivity contribution in [3.63, 3.8) is 0 Å². The lowest BCUT2D eigenvalue weighted by Gasteiger charge is -2.09. The summed E-state index contributed by atoms with van der Waals surface area (Å²) in [6, 6.07) is 3.19. The number of rotatable bonds is 8. The van der Waals surface area contributed by atoms with Gasteiger partial charge in [0, 0.05) is 17.8 Å². The molecule has 0 bridgehead atoms. The van der Waals surface area contributed by atoms with Crippen molar-refractivity contribution >= 4 is 21.7 Å². The molecule has 0 saturated carbocycles. The molecule has 0 unspecified atom stereocenters. The molecule has 5 N–H and O–H groups in total. The molecule has 0 saturated heterocycles. The number of sulfonamides is 1. The van der Waals surface area contributed by atoms with E-state index in [1.807, 2.05) is 6.92 Å². The number of nitrogens with one attached hydrogen (secondary N) is 3. The largest absolute Gasteiger partial charge is 0.351 e. The Morgan fingerprint density at radius 3 is 2.67 bits per heavy atom. The molecule has 0 atom stereocenters. The summed E-state index contributed by atoms with van der Waals surface area (Å²) in [5.41, 5.74) is 3.56. The molecule has 8 nitrogen and oxygen atoms in total. The fraction of sp³-hybridized carbons (Fsp3) is 0.500. The first-order valence-electron chi connectivity index (χ1n) is 6.59. The third-order valence-corrected chi connectivity index (χ3v) is 4.13. The van der Waals surface area contributed by atoms with Gasteiger partial charge in [0.2, 0.25) is 10.0 Å². The molecule has 118 valence electrons. The summed E-state index contributed by atoms with van der Waals surface area (Å²) in [4.78, 5) is 16.3. The van der Waals surface area contributed by atoms with Crippen molar-refractivity contribution in [3.8, 4) is 0 Å². The number of anilines is 1. The van der Waals surface area contributed by atoms with Gasteiger partial charge in [-0.3, -0.25) is 4.79 Å². The van der Waals surface area contributed by atoms with Crippen LogP contribution in [0.1, 0.15) is 29.4 Å². The van der Waals surface area contributed by atoms with E-state index in [1.54, 1.807) is 6.07 Å². The van der Waals surface area contributed by atoms with Crippen molar-refractivity contribution in [2.45, 2.75) is 19.8 Å². The molecule has 1 aromatic heterocycles. The minimum atomic E-state index is -3.34. The average Bonchev–Trinajstić information content (AvgIpc) is 2.47. The zero-order chi connectivity index (χ0) is 15.9. The lowest BCUT2D eigenvalue weighted by molar-refractivity contribution is 0.0956. The highest BCUT2D eigenvalue weighted by molar-refractivity contribution is 7.89. The van der Waals surface area contributed by atoms with Gasteiger partial charge in [0.25, 0.3) is 5.91 Å². The third-order valence-electron chi connectivity index (χ3n) is 2.76. The molecule has 1 aromatic rings. The predicted molar refractivity (Wildman–Crippen MR) is 81.2 cm³/mol. The van der Waals surface area contributed by atoms with Crippen LogP contribution in [0.5, 0.6) is 0 Å². The Hall–Kier alpha value is -1.71. The van der Waals surface area contributed by atoms with Gasteiger partial charge >= 0.3 is 0 Å². The molecule has 21 heavy (non-hydrogen) atoms. The lowest BCUT2D eigenvalue weighted by atomic mass is 10.1. The number of aryl methyl sites for hydroxylation is 1. The SMILES string of the molecule is CCCc1cc(C(=O)NCCS(=O)(=O)NC)cc(NN)n1. The summed E-state index contributed by atoms with van der Waals surface area (Å²) in [5, 5.41) is 2.56. The number of nitrogens with zero attached hydrogens (tertiary/aromatic N) is 1. The first kappa shape index (κ1) is 17.3. The molecule has 0 aliphatic carbocycles. The van der Waals surface area contributed by atoms with Gasteiger partial charge in [0.15, 0.2) is 0 Å². The Bertz CT molecular complexity index is 589. The summed E-state index contributed by atoms with van der Waals surface area (Å²) < 4.78 is 24.7. The van der Waals surface area contributed by atoms with E-state index in [-0.39, 0.29) is 18.2 Å². The molecule has 1 rings (SSSR count). The van der Waals surface area contributed by atoms with Crippen LogP contribution in [-0.4, -0.2) is 38.7 Å². The maximum absolute atomic E-state index is 12.0. The third kappa shape index (κ3) is 5.66. The normalized spacial score (nSPS) is 11.2. The van der Waals surface area contributed by atoms with Crippen molar-refractivity contribution < 1.29 is 13.2 Å². The number of carbonyl (C=O) groups excluding carboxylic acids is 1. The molecule has 0 aliphatic heterocycles. The van der Waals surface area contributed by atoms with Gasteiger partial charge in [-0.05, 0) is 25.6 Å². The van der Waals surface area contributed by atoms with Crippen molar-refractivity contribution in [2.24, 2.45) is 5.84 Å². The topological polar surface area (TPSA) is 126 Å². The molecule has 0 fully saturated rings. The number of nitrogens with two attached hydrogens (primary N) is 1. The van der Waals surface area contributed by atoms with Gasteiger partial charge in [-0.2, -0.15) is 0 Å². The number of hydrogen-bond acceptors (Lipinski definition) is 6. The first-order valence-corrected chi connectivity index (χ1v) is 8.24. The van der Waals surface area contributed by atoms with Crippen LogP contribution in [0.2, 0.25) is 0 Å². The van der Waals surface area contributed by atoms with E-state index in [1.165, 1.54) is 13.1 Å². The smallest absolute Gasteiger partial charge is 0.251 e. The van der Waals surface area contributed by atoms with Gasteiger partial charge < -0.3 is 10.7 Å². The number of carbonyl (C=O) groups is 1. The zero-order valence-electron chi connectivity index (χ0n) is 12.1. The monoisotopic (exact) mass is 315 g/mol. The van der Waals surface area contributed by atoms with Crippen molar-refractivity contribution in [2.75, 3.05) is 24.8 Å². The second-order valence-electron chi connectivity index (χ2n) is 4.41. The summed E-state index contributed by atoms with van der Waals surface area (Å²) in [6.45, 7) is 2.03. The quantitative estimate of drug-likeness (QED) is 0.382. The van der Waals surface area contributed by atoms with Gasteiger partial charge in [-0.1, -0.05) is 13.3 Å². The summed E-state index contributed by atoms with van der Waals surface area (Å²) in [7, 11) is -2.01. The first-order chi connectivity index (χ1) is 9.91. The molecular weight excluding hydrogens is 294 g/mol. The van der Waals surface area contributed by atoms with E-state index >= 15 is 0 Å². The van der Waals surface area contributed by atoms with Gasteiger partial charge in [-0.15, -0.1) is 0 Å². The molecule has 1 amide bonds. The molecule has 9 heteroatoms. The predicted octanol–water partition coefficient (Wildman–Crippen LogP) is -0.401. The summed E-state index contributed by atoms with van der Waals surface area (Å²) in [6.07, 6.45) is 1.62. The number of pyridine rings is 1. The standard InChI is InChI=1S/C12H21N5O3S/c1-3-4-10-7-9(8-11(16-10)17-13)12(18)15-5-6-21(19,20)14-2/h7-8,14H,3-6,13H2,1-2H3,(H,15,18)(H,16,17). The van der Waals surface area contributed by atoms with E-state index in [9.17, 15) is 13.2 Å². The van der Waals surface area contributed by atoms with Crippen LogP contribution >= 0.6 is 0 Å². The van der Waals surface area contributed by atoms with E-state index in [0.717, 1.165) is 18.5 Å². The fourth-order valence-electron chi connectivity index (χ4n) is 1.68. The number of hydrogen-bond donors (Lipinski definition) is 4. The average molecular weight is 315 g/mol. The van der Waals surface area contributed by atoms with Crippen molar-refractivity contribution in [1.82, 2.24) is 15.0 Å². The van der Waals surface area contributed by atoms with E-state index < -0.39 is 10.0 Å². The molecule has 0 aromatic carbocycles. The van der Waals surface area contributed by atoms with E-state index in [4.69, 9.17) is 5.84 Å². The van der Waals surface area contributed by atoms with Gasteiger partial charge in [-0.25, -0.2) is 24.0 Å². The maximum atomic E-state index is 12.0. The minimum Gasteiger partial charge on any atom is -0.351 e. The van der Waals surface area contributed by atoms with Gasteiger partial charge in [0.05, 0.1) is 5.75 Å². The lowest BCUT2D eigenvalue weighted by Crippen LogP contribution is -2.33. The van der Waals surface area contributed by atoms with Crippen LogP contribution in [0.3, 0.4) is 0 Å². The Balaban J connectivity index is 2.75.